The zero-order valence-corrected chi connectivity index (χ0v) is 21.3. The van der Waals surface area contributed by atoms with Crippen molar-refractivity contribution in [2.45, 2.75) is 5.92 Å². The first-order chi connectivity index (χ1) is 19.0. The van der Waals surface area contributed by atoms with Gasteiger partial charge in [0.05, 0.1) is 17.0 Å². The molecule has 3 heterocycles. The van der Waals surface area contributed by atoms with Gasteiger partial charge in [0.2, 0.25) is 0 Å². The monoisotopic (exact) mass is 533 g/mol. The molecule has 190 valence electrons. The number of carbonyl (C=O) groups excluding carboxylic acids is 1. The predicted molar refractivity (Wildman–Crippen MR) is 150 cm³/mol. The molecule has 7 rings (SSSR count). The van der Waals surface area contributed by atoms with E-state index in [9.17, 15) is 9.18 Å². The van der Waals surface area contributed by atoms with Gasteiger partial charge in [-0.15, -0.1) is 0 Å². The number of ether oxygens (including phenoxy) is 1. The number of hydrogen-bond acceptors (Lipinski definition) is 4. The highest BCUT2D eigenvalue weighted by atomic mass is 35.5. The van der Waals surface area contributed by atoms with Crippen molar-refractivity contribution in [3.63, 3.8) is 0 Å². The highest BCUT2D eigenvalue weighted by Gasteiger charge is 2.41. The topological polar surface area (TPSA) is 67.0 Å². The minimum atomic E-state index is -0.365. The minimum absolute atomic E-state index is 0.207. The number of cyclic esters (lactones) is 1. The van der Waals surface area contributed by atoms with Crippen molar-refractivity contribution in [1.82, 2.24) is 10.2 Å². The number of nitrogens with zero attached hydrogens (tertiary/aromatic N) is 1. The maximum atomic E-state index is 13.8. The number of hydrogen-bond donors (Lipinski definition) is 2. The molecule has 0 radical (unpaired) electrons. The lowest BCUT2D eigenvalue weighted by Crippen LogP contribution is -2.19. The van der Waals surface area contributed by atoms with Gasteiger partial charge in [-0.25, -0.2) is 9.18 Å². The molecule has 0 bridgehead atoms. The molecule has 0 saturated heterocycles. The number of H-pyrrole nitrogens is 1. The van der Waals surface area contributed by atoms with Crippen LogP contribution in [0.2, 0.25) is 5.02 Å². The summed E-state index contributed by atoms with van der Waals surface area (Å²) >= 11 is 6.04. The van der Waals surface area contributed by atoms with Crippen LogP contribution >= 0.6 is 11.6 Å². The number of anilines is 1. The van der Waals surface area contributed by atoms with Crippen molar-refractivity contribution >= 4 is 23.4 Å². The van der Waals surface area contributed by atoms with Crippen LogP contribution in [-0.4, -0.2) is 22.8 Å². The summed E-state index contributed by atoms with van der Waals surface area (Å²) in [6, 6.07) is 30.6. The van der Waals surface area contributed by atoms with E-state index in [1.807, 2.05) is 78.9 Å². The Balaban J connectivity index is 1.25. The fraction of sp³-hybridized carbons (Fsp3) is 0.0625. The molecule has 1 atom stereocenters. The number of halogens is 2. The van der Waals surface area contributed by atoms with Gasteiger partial charge in [-0.2, -0.15) is 5.10 Å². The van der Waals surface area contributed by atoms with Crippen LogP contribution in [0, 0.1) is 5.82 Å². The minimum Gasteiger partial charge on any atom is -0.456 e. The molecule has 7 heteroatoms. The standard InChI is InChI=1S/C32H21ClFN3O2/c33-24-14-23(15-25(34)16-24)20-8-6-18(7-9-20)19-10-12-21(13-11-19)27-28-26(17-39-32(28)38)35-31-29(27)30(36-37-31)22-4-2-1-3-5-22/h1-16,27H,17H2,(H2,35,36,37). The van der Waals surface area contributed by atoms with Crippen molar-refractivity contribution in [2.24, 2.45) is 0 Å². The molecule has 39 heavy (non-hydrogen) atoms. The molecule has 0 saturated carbocycles. The third kappa shape index (κ3) is 4.10. The van der Waals surface area contributed by atoms with Gasteiger partial charge in [0.25, 0.3) is 0 Å². The maximum absolute atomic E-state index is 13.8. The van der Waals surface area contributed by atoms with Gasteiger partial charge in [-0.3, -0.25) is 5.10 Å². The summed E-state index contributed by atoms with van der Waals surface area (Å²) in [5.41, 5.74) is 8.77. The number of aromatic nitrogens is 2. The largest absolute Gasteiger partial charge is 0.456 e. The van der Waals surface area contributed by atoms with Crippen LogP contribution in [-0.2, 0) is 9.53 Å². The van der Waals surface area contributed by atoms with Gasteiger partial charge in [0.1, 0.15) is 12.4 Å². The molecule has 4 aromatic carbocycles. The van der Waals surface area contributed by atoms with Crippen molar-refractivity contribution in [3.05, 3.63) is 130 Å². The molecule has 1 unspecified atom stereocenters. The van der Waals surface area contributed by atoms with E-state index in [1.54, 1.807) is 6.07 Å². The molecule has 2 aliphatic rings. The third-order valence-corrected chi connectivity index (χ3v) is 7.48. The Hall–Kier alpha value is -4.68. The zero-order valence-electron chi connectivity index (χ0n) is 20.5. The predicted octanol–water partition coefficient (Wildman–Crippen LogP) is 7.57. The normalized spacial score (nSPS) is 15.9. The van der Waals surface area contributed by atoms with Crippen LogP contribution in [0.5, 0.6) is 0 Å². The molecule has 2 N–H and O–H groups in total. The summed E-state index contributed by atoms with van der Waals surface area (Å²) < 4.78 is 19.2. The number of carbonyl (C=O) groups is 1. The Morgan fingerprint density at radius 1 is 0.821 bits per heavy atom. The van der Waals surface area contributed by atoms with Gasteiger partial charge in [0, 0.05) is 16.5 Å². The molecule has 2 aliphatic heterocycles. The molecule has 5 aromatic rings. The van der Waals surface area contributed by atoms with Gasteiger partial charge in [-0.05, 0) is 51.6 Å². The molecule has 0 fully saturated rings. The fourth-order valence-corrected chi connectivity index (χ4v) is 5.65. The van der Waals surface area contributed by atoms with E-state index in [0.717, 1.165) is 50.3 Å². The number of fused-ring (bicyclic) bond motifs is 1. The fourth-order valence-electron chi connectivity index (χ4n) is 5.43. The first-order valence-corrected chi connectivity index (χ1v) is 12.9. The number of rotatable bonds is 4. The maximum Gasteiger partial charge on any atom is 0.337 e. The molecular weight excluding hydrogens is 513 g/mol. The molecule has 0 spiro atoms. The second-order valence-corrected chi connectivity index (χ2v) is 10.0. The van der Waals surface area contributed by atoms with Gasteiger partial charge >= 0.3 is 5.97 Å². The smallest absolute Gasteiger partial charge is 0.337 e. The second kappa shape index (κ2) is 9.26. The Kier molecular flexibility index (Phi) is 5.56. The molecule has 1 aromatic heterocycles. The number of nitrogens with one attached hydrogen (secondary N) is 2. The van der Waals surface area contributed by atoms with Crippen LogP contribution in [0.1, 0.15) is 17.0 Å². The van der Waals surface area contributed by atoms with E-state index in [-0.39, 0.29) is 24.3 Å². The van der Waals surface area contributed by atoms with Crippen LogP contribution in [0.4, 0.5) is 10.2 Å². The van der Waals surface area contributed by atoms with E-state index >= 15 is 0 Å². The molecule has 5 nitrogen and oxygen atoms in total. The number of esters is 1. The molecule has 0 aliphatic carbocycles. The lowest BCUT2D eigenvalue weighted by Gasteiger charge is -2.25. The Labute approximate surface area is 228 Å². The van der Waals surface area contributed by atoms with Crippen molar-refractivity contribution in [1.29, 1.82) is 0 Å². The Bertz CT molecular complexity index is 1740. The summed E-state index contributed by atoms with van der Waals surface area (Å²) in [7, 11) is 0. The van der Waals surface area contributed by atoms with E-state index in [2.05, 4.69) is 15.5 Å². The van der Waals surface area contributed by atoms with Crippen LogP contribution in [0.15, 0.2) is 108 Å². The van der Waals surface area contributed by atoms with Gasteiger partial charge in [-0.1, -0.05) is 90.5 Å². The first-order valence-electron chi connectivity index (χ1n) is 12.5. The highest BCUT2D eigenvalue weighted by Crippen LogP contribution is 2.47. The van der Waals surface area contributed by atoms with Crippen LogP contribution in [0.25, 0.3) is 33.5 Å². The SMILES string of the molecule is O=C1OCC2=C1C(c1ccc(-c3ccc(-c4cc(F)cc(Cl)c4)cc3)cc1)c1c(n[nH]c1-c1ccccc1)N2. The van der Waals surface area contributed by atoms with Crippen molar-refractivity contribution < 1.29 is 13.9 Å². The van der Waals surface area contributed by atoms with E-state index in [1.165, 1.54) is 12.1 Å². The average molecular weight is 534 g/mol. The van der Waals surface area contributed by atoms with E-state index < -0.39 is 0 Å². The van der Waals surface area contributed by atoms with Crippen molar-refractivity contribution in [2.75, 3.05) is 11.9 Å². The Morgan fingerprint density at radius 3 is 2.18 bits per heavy atom. The molecule has 0 amide bonds. The van der Waals surface area contributed by atoms with E-state index in [4.69, 9.17) is 16.3 Å². The number of aromatic amines is 1. The summed E-state index contributed by atoms with van der Waals surface area (Å²) in [6.07, 6.45) is 0. The van der Waals surface area contributed by atoms with Crippen molar-refractivity contribution in [3.8, 4) is 33.5 Å². The lowest BCUT2D eigenvalue weighted by atomic mass is 9.80. The zero-order chi connectivity index (χ0) is 26.5. The van der Waals surface area contributed by atoms with E-state index in [0.29, 0.717) is 16.4 Å². The second-order valence-electron chi connectivity index (χ2n) is 9.61. The summed E-state index contributed by atoms with van der Waals surface area (Å²) in [5, 5.41) is 11.4. The number of benzene rings is 4. The average Bonchev–Trinajstić information content (AvgIpc) is 3.55. The first kappa shape index (κ1) is 23.4. The van der Waals surface area contributed by atoms with Gasteiger partial charge in [0.15, 0.2) is 5.82 Å². The highest BCUT2D eigenvalue weighted by molar-refractivity contribution is 6.30. The van der Waals surface area contributed by atoms with Crippen LogP contribution in [0.3, 0.4) is 0 Å². The Morgan fingerprint density at radius 2 is 1.49 bits per heavy atom. The summed E-state index contributed by atoms with van der Waals surface area (Å²) in [4.78, 5) is 12.9. The summed E-state index contributed by atoms with van der Waals surface area (Å²) in [5.74, 6) is -0.302. The van der Waals surface area contributed by atoms with Gasteiger partial charge < -0.3 is 10.1 Å². The quantitative estimate of drug-likeness (QED) is 0.234. The third-order valence-electron chi connectivity index (χ3n) is 7.26. The lowest BCUT2D eigenvalue weighted by molar-refractivity contribution is -0.136. The summed E-state index contributed by atoms with van der Waals surface area (Å²) in [6.45, 7) is 0.207. The van der Waals surface area contributed by atoms with Crippen LogP contribution < -0.4 is 5.32 Å². The molecular formula is C32H21ClFN3O2.